The number of methoxy groups -OCH3 is 2. The molecule has 0 unspecified atom stereocenters. The summed E-state index contributed by atoms with van der Waals surface area (Å²) in [6.07, 6.45) is 6.04. The summed E-state index contributed by atoms with van der Waals surface area (Å²) in [5.74, 6) is 2.90. The van der Waals surface area contributed by atoms with Gasteiger partial charge in [0.25, 0.3) is 0 Å². The molecule has 1 fully saturated rings. The maximum absolute atomic E-state index is 5.27. The van der Waals surface area contributed by atoms with Crippen LogP contribution in [-0.2, 0) is 9.47 Å². The lowest BCUT2D eigenvalue weighted by Gasteiger charge is -2.26. The molecule has 4 atom stereocenters. The van der Waals surface area contributed by atoms with E-state index in [2.05, 4.69) is 12.2 Å². The van der Waals surface area contributed by atoms with Crippen molar-refractivity contribution < 1.29 is 9.47 Å². The van der Waals surface area contributed by atoms with Crippen LogP contribution in [0.1, 0.15) is 6.42 Å². The average Bonchev–Trinajstić information content (AvgIpc) is 2.69. The molecular formula is C11H18O2. The Labute approximate surface area is 79.9 Å². The van der Waals surface area contributed by atoms with Crippen LogP contribution in [0.5, 0.6) is 0 Å². The second-order valence-electron chi connectivity index (χ2n) is 4.19. The van der Waals surface area contributed by atoms with Crippen molar-refractivity contribution >= 4 is 0 Å². The third kappa shape index (κ3) is 1.53. The molecule has 0 spiro atoms. The van der Waals surface area contributed by atoms with E-state index in [1.54, 1.807) is 14.2 Å². The van der Waals surface area contributed by atoms with Crippen LogP contribution < -0.4 is 0 Å². The Kier molecular flexibility index (Phi) is 2.70. The van der Waals surface area contributed by atoms with E-state index in [1.165, 1.54) is 6.42 Å². The first-order chi connectivity index (χ1) is 6.36. The zero-order valence-corrected chi connectivity index (χ0v) is 8.40. The van der Waals surface area contributed by atoms with Gasteiger partial charge in [0.05, 0.1) is 0 Å². The van der Waals surface area contributed by atoms with E-state index in [1.807, 2.05) is 0 Å². The Morgan fingerprint density at radius 3 is 1.85 bits per heavy atom. The fraction of sp³-hybridized carbons (Fsp3) is 0.818. The SMILES string of the molecule is COC[C@@H]1[C@@H](COC)[C@H]2C=C[C@@H]1C2. The fourth-order valence-electron chi connectivity index (χ4n) is 2.91. The van der Waals surface area contributed by atoms with Gasteiger partial charge in [-0.3, -0.25) is 0 Å². The van der Waals surface area contributed by atoms with Crippen molar-refractivity contribution in [2.75, 3.05) is 27.4 Å². The van der Waals surface area contributed by atoms with Gasteiger partial charge in [0, 0.05) is 27.4 Å². The van der Waals surface area contributed by atoms with Crippen LogP contribution in [0.3, 0.4) is 0 Å². The van der Waals surface area contributed by atoms with Crippen molar-refractivity contribution in [2.45, 2.75) is 6.42 Å². The van der Waals surface area contributed by atoms with Gasteiger partial charge in [0.15, 0.2) is 0 Å². The lowest BCUT2D eigenvalue weighted by Crippen LogP contribution is -2.27. The van der Waals surface area contributed by atoms with Crippen molar-refractivity contribution in [2.24, 2.45) is 23.7 Å². The highest BCUT2D eigenvalue weighted by Crippen LogP contribution is 2.47. The molecule has 0 heterocycles. The number of hydrogen-bond acceptors (Lipinski definition) is 2. The molecule has 0 aromatic carbocycles. The second-order valence-corrected chi connectivity index (χ2v) is 4.19. The predicted molar refractivity (Wildman–Crippen MR) is 51.5 cm³/mol. The number of ether oxygens (including phenoxy) is 2. The zero-order chi connectivity index (χ0) is 9.26. The number of fused-ring (bicyclic) bond motifs is 2. The molecular weight excluding hydrogens is 164 g/mol. The van der Waals surface area contributed by atoms with Gasteiger partial charge >= 0.3 is 0 Å². The van der Waals surface area contributed by atoms with E-state index in [-0.39, 0.29) is 0 Å². The van der Waals surface area contributed by atoms with E-state index in [0.717, 1.165) is 25.0 Å². The monoisotopic (exact) mass is 182 g/mol. The molecule has 0 aliphatic heterocycles. The molecule has 1 saturated carbocycles. The first-order valence-electron chi connectivity index (χ1n) is 5.03. The predicted octanol–water partition coefficient (Wildman–Crippen LogP) is 1.72. The highest BCUT2D eigenvalue weighted by molar-refractivity contribution is 5.13. The van der Waals surface area contributed by atoms with Crippen molar-refractivity contribution in [3.05, 3.63) is 12.2 Å². The summed E-state index contributed by atoms with van der Waals surface area (Å²) < 4.78 is 10.5. The Morgan fingerprint density at radius 1 is 1.00 bits per heavy atom. The van der Waals surface area contributed by atoms with Gasteiger partial charge in [-0.25, -0.2) is 0 Å². The van der Waals surface area contributed by atoms with E-state index >= 15 is 0 Å². The summed E-state index contributed by atoms with van der Waals surface area (Å²) in [6, 6.07) is 0. The number of rotatable bonds is 4. The molecule has 74 valence electrons. The summed E-state index contributed by atoms with van der Waals surface area (Å²) in [4.78, 5) is 0. The second kappa shape index (κ2) is 3.81. The molecule has 13 heavy (non-hydrogen) atoms. The Balaban J connectivity index is 2.02. The highest BCUT2D eigenvalue weighted by Gasteiger charge is 2.43. The van der Waals surface area contributed by atoms with Crippen LogP contribution in [0.25, 0.3) is 0 Å². The van der Waals surface area contributed by atoms with Crippen LogP contribution >= 0.6 is 0 Å². The Morgan fingerprint density at radius 2 is 1.46 bits per heavy atom. The third-order valence-electron chi connectivity index (χ3n) is 3.52. The standard InChI is InChI=1S/C11H18O2/c1-12-6-10-8-3-4-9(5-8)11(10)7-13-2/h3-4,8-11H,5-7H2,1-2H3/t8-,9+,10-,11-/m0/s1. The molecule has 2 bridgehead atoms. The van der Waals surface area contributed by atoms with Gasteiger partial charge in [-0.1, -0.05) is 12.2 Å². The minimum Gasteiger partial charge on any atom is -0.384 e. The lowest BCUT2D eigenvalue weighted by atomic mass is 9.84. The maximum atomic E-state index is 5.27. The normalized spacial score (nSPS) is 41.7. The molecule has 2 aliphatic rings. The summed E-state index contributed by atoms with van der Waals surface area (Å²) in [7, 11) is 3.58. The first kappa shape index (κ1) is 9.22. The molecule has 2 nitrogen and oxygen atoms in total. The van der Waals surface area contributed by atoms with Crippen LogP contribution in [-0.4, -0.2) is 27.4 Å². The summed E-state index contributed by atoms with van der Waals surface area (Å²) in [5, 5.41) is 0. The smallest absolute Gasteiger partial charge is 0.0499 e. The van der Waals surface area contributed by atoms with Gasteiger partial charge < -0.3 is 9.47 Å². The largest absolute Gasteiger partial charge is 0.384 e. The molecule has 2 heteroatoms. The Bertz CT molecular complexity index is 180. The minimum atomic E-state index is 0.694. The van der Waals surface area contributed by atoms with Crippen LogP contribution in [0.15, 0.2) is 12.2 Å². The molecule has 0 radical (unpaired) electrons. The maximum Gasteiger partial charge on any atom is 0.0499 e. The van der Waals surface area contributed by atoms with Gasteiger partial charge in [0.1, 0.15) is 0 Å². The number of hydrogen-bond donors (Lipinski definition) is 0. The van der Waals surface area contributed by atoms with Crippen molar-refractivity contribution in [3.63, 3.8) is 0 Å². The Hall–Kier alpha value is -0.340. The van der Waals surface area contributed by atoms with Gasteiger partial charge in [0.2, 0.25) is 0 Å². The molecule has 0 aromatic heterocycles. The van der Waals surface area contributed by atoms with Crippen LogP contribution in [0.2, 0.25) is 0 Å². The van der Waals surface area contributed by atoms with Crippen LogP contribution in [0.4, 0.5) is 0 Å². The average molecular weight is 182 g/mol. The van der Waals surface area contributed by atoms with Crippen molar-refractivity contribution in [1.82, 2.24) is 0 Å². The summed E-state index contributed by atoms with van der Waals surface area (Å²) in [5.41, 5.74) is 0. The fourth-order valence-corrected chi connectivity index (χ4v) is 2.91. The van der Waals surface area contributed by atoms with Gasteiger partial charge in [-0.2, -0.15) is 0 Å². The minimum absolute atomic E-state index is 0.694. The lowest BCUT2D eigenvalue weighted by molar-refractivity contribution is 0.0647. The van der Waals surface area contributed by atoms with E-state index in [4.69, 9.17) is 9.47 Å². The highest BCUT2D eigenvalue weighted by atomic mass is 16.5. The molecule has 0 amide bonds. The molecule has 2 rings (SSSR count). The van der Waals surface area contributed by atoms with E-state index < -0.39 is 0 Å². The third-order valence-corrected chi connectivity index (χ3v) is 3.52. The van der Waals surface area contributed by atoms with Gasteiger partial charge in [-0.05, 0) is 30.1 Å². The van der Waals surface area contributed by atoms with E-state index in [9.17, 15) is 0 Å². The van der Waals surface area contributed by atoms with E-state index in [0.29, 0.717) is 11.8 Å². The van der Waals surface area contributed by atoms with Crippen LogP contribution in [0, 0.1) is 23.7 Å². The first-order valence-corrected chi connectivity index (χ1v) is 5.03. The summed E-state index contributed by atoms with van der Waals surface area (Å²) >= 11 is 0. The molecule has 0 N–H and O–H groups in total. The topological polar surface area (TPSA) is 18.5 Å². The van der Waals surface area contributed by atoms with Gasteiger partial charge in [-0.15, -0.1) is 0 Å². The molecule has 0 aromatic rings. The zero-order valence-electron chi connectivity index (χ0n) is 8.40. The van der Waals surface area contributed by atoms with Crippen molar-refractivity contribution in [1.29, 1.82) is 0 Å². The number of allylic oxidation sites excluding steroid dienone is 2. The molecule has 0 saturated heterocycles. The van der Waals surface area contributed by atoms with Crippen molar-refractivity contribution in [3.8, 4) is 0 Å². The quantitative estimate of drug-likeness (QED) is 0.616. The molecule has 2 aliphatic carbocycles. The summed E-state index contributed by atoms with van der Waals surface area (Å²) in [6.45, 7) is 1.78.